The molecule has 0 aromatic heterocycles. The van der Waals surface area contributed by atoms with Gasteiger partial charge in [-0.05, 0) is 16.8 Å². The number of carboxylic acids is 1. The third kappa shape index (κ3) is 1.94. The number of aliphatic hydroxyl groups is 1. The Hall–Kier alpha value is -2.07. The lowest BCUT2D eigenvalue weighted by Crippen LogP contribution is -2.12. The van der Waals surface area contributed by atoms with E-state index in [1.165, 1.54) is 7.11 Å². The summed E-state index contributed by atoms with van der Waals surface area (Å²) in [7, 11) is 1.45. The van der Waals surface area contributed by atoms with Crippen molar-refractivity contribution in [3.8, 4) is 5.75 Å². The van der Waals surface area contributed by atoms with Gasteiger partial charge in [-0.15, -0.1) is 0 Å². The minimum atomic E-state index is -1.59. The summed E-state index contributed by atoms with van der Waals surface area (Å²) in [4.78, 5) is 10.9. The molecule has 0 saturated carbocycles. The monoisotopic (exact) mass is 232 g/mol. The lowest BCUT2D eigenvalue weighted by molar-refractivity contribution is -0.146. The lowest BCUT2D eigenvalue weighted by Gasteiger charge is -2.14. The van der Waals surface area contributed by atoms with Crippen LogP contribution in [0, 0.1) is 0 Å². The molecule has 2 aromatic carbocycles. The van der Waals surface area contributed by atoms with Gasteiger partial charge in [0.25, 0.3) is 0 Å². The first-order valence-corrected chi connectivity index (χ1v) is 5.11. The van der Waals surface area contributed by atoms with Crippen LogP contribution in [0.4, 0.5) is 0 Å². The van der Waals surface area contributed by atoms with Gasteiger partial charge in [-0.1, -0.05) is 30.3 Å². The van der Waals surface area contributed by atoms with E-state index in [0.717, 1.165) is 5.39 Å². The van der Waals surface area contributed by atoms with Crippen LogP contribution in [0.5, 0.6) is 5.75 Å². The van der Waals surface area contributed by atoms with E-state index in [1.54, 1.807) is 18.2 Å². The highest BCUT2D eigenvalue weighted by atomic mass is 16.5. The topological polar surface area (TPSA) is 66.8 Å². The molecule has 2 rings (SSSR count). The van der Waals surface area contributed by atoms with E-state index in [0.29, 0.717) is 11.1 Å². The second kappa shape index (κ2) is 4.43. The predicted octanol–water partition coefficient (Wildman–Crippen LogP) is 1.97. The maximum atomic E-state index is 10.9. The number of hydrogen-bond acceptors (Lipinski definition) is 3. The molecule has 88 valence electrons. The summed E-state index contributed by atoms with van der Waals surface area (Å²) >= 11 is 0. The number of rotatable bonds is 3. The zero-order valence-electron chi connectivity index (χ0n) is 9.25. The summed E-state index contributed by atoms with van der Waals surface area (Å²) in [5.41, 5.74) is 0.290. The van der Waals surface area contributed by atoms with Gasteiger partial charge in [0, 0.05) is 5.56 Å². The van der Waals surface area contributed by atoms with Crippen LogP contribution in [0.25, 0.3) is 10.8 Å². The molecule has 0 heterocycles. The highest BCUT2D eigenvalue weighted by Gasteiger charge is 2.22. The first-order chi connectivity index (χ1) is 8.15. The number of aliphatic carboxylic acids is 1. The van der Waals surface area contributed by atoms with Gasteiger partial charge in [-0.2, -0.15) is 0 Å². The van der Waals surface area contributed by atoms with E-state index in [-0.39, 0.29) is 5.56 Å². The molecule has 0 aliphatic carbocycles. The van der Waals surface area contributed by atoms with Gasteiger partial charge in [0.05, 0.1) is 7.11 Å². The fourth-order valence-corrected chi connectivity index (χ4v) is 1.86. The van der Waals surface area contributed by atoms with Crippen LogP contribution in [0.3, 0.4) is 0 Å². The zero-order chi connectivity index (χ0) is 12.4. The number of benzene rings is 2. The molecule has 0 radical (unpaired) electrons. The first kappa shape index (κ1) is 11.4. The minimum absolute atomic E-state index is 0.290. The molecule has 0 saturated heterocycles. The van der Waals surface area contributed by atoms with E-state index < -0.39 is 12.1 Å². The van der Waals surface area contributed by atoms with Gasteiger partial charge in [-0.3, -0.25) is 0 Å². The van der Waals surface area contributed by atoms with Crippen LogP contribution in [-0.4, -0.2) is 23.3 Å². The third-order valence-corrected chi connectivity index (χ3v) is 2.66. The van der Waals surface area contributed by atoms with Crippen LogP contribution in [-0.2, 0) is 4.79 Å². The second-order valence-electron chi connectivity index (χ2n) is 3.64. The van der Waals surface area contributed by atoms with Crippen molar-refractivity contribution >= 4 is 16.7 Å². The van der Waals surface area contributed by atoms with Crippen molar-refractivity contribution in [3.05, 3.63) is 42.0 Å². The average Bonchev–Trinajstić information content (AvgIpc) is 2.36. The standard InChI is InChI=1S/C13H12O4/c1-17-10-7-6-8-4-2-3-5-9(8)11(10)12(14)13(15)16/h2-7,12,14H,1H3,(H,15,16). The molecule has 17 heavy (non-hydrogen) atoms. The summed E-state index contributed by atoms with van der Waals surface area (Å²) in [6.45, 7) is 0. The summed E-state index contributed by atoms with van der Waals surface area (Å²) in [6, 6.07) is 10.7. The summed E-state index contributed by atoms with van der Waals surface area (Å²) in [5.74, 6) is -0.918. The fourth-order valence-electron chi connectivity index (χ4n) is 1.86. The Morgan fingerprint density at radius 3 is 2.59 bits per heavy atom. The first-order valence-electron chi connectivity index (χ1n) is 5.11. The highest BCUT2D eigenvalue weighted by molar-refractivity contribution is 5.92. The molecule has 1 unspecified atom stereocenters. The number of hydrogen-bond donors (Lipinski definition) is 2. The molecule has 1 atom stereocenters. The van der Waals surface area contributed by atoms with Crippen molar-refractivity contribution in [2.45, 2.75) is 6.10 Å². The molecule has 2 aromatic rings. The molecule has 0 aliphatic rings. The van der Waals surface area contributed by atoms with Crippen LogP contribution >= 0.6 is 0 Å². The molecule has 0 aliphatic heterocycles. The Balaban J connectivity index is 2.75. The summed E-state index contributed by atoms with van der Waals surface area (Å²) < 4.78 is 5.10. The summed E-state index contributed by atoms with van der Waals surface area (Å²) in [6.07, 6.45) is -1.59. The van der Waals surface area contributed by atoms with Gasteiger partial charge in [0.2, 0.25) is 0 Å². The lowest BCUT2D eigenvalue weighted by atomic mass is 9.99. The molecular formula is C13H12O4. The van der Waals surface area contributed by atoms with Crippen molar-refractivity contribution in [1.82, 2.24) is 0 Å². The SMILES string of the molecule is COc1ccc2ccccc2c1C(O)C(=O)O. The maximum absolute atomic E-state index is 10.9. The van der Waals surface area contributed by atoms with Crippen molar-refractivity contribution in [3.63, 3.8) is 0 Å². The number of fused-ring (bicyclic) bond motifs is 1. The van der Waals surface area contributed by atoms with Gasteiger partial charge in [0.1, 0.15) is 5.75 Å². The van der Waals surface area contributed by atoms with E-state index in [4.69, 9.17) is 9.84 Å². The van der Waals surface area contributed by atoms with Crippen LogP contribution in [0.15, 0.2) is 36.4 Å². The maximum Gasteiger partial charge on any atom is 0.337 e. The van der Waals surface area contributed by atoms with Crippen molar-refractivity contribution < 1.29 is 19.7 Å². The molecule has 4 heteroatoms. The van der Waals surface area contributed by atoms with E-state index >= 15 is 0 Å². The smallest absolute Gasteiger partial charge is 0.337 e. The van der Waals surface area contributed by atoms with Crippen LogP contribution in [0.1, 0.15) is 11.7 Å². The van der Waals surface area contributed by atoms with E-state index in [2.05, 4.69) is 0 Å². The number of aliphatic hydroxyl groups excluding tert-OH is 1. The highest BCUT2D eigenvalue weighted by Crippen LogP contribution is 2.33. The molecule has 2 N–H and O–H groups in total. The van der Waals surface area contributed by atoms with Crippen molar-refractivity contribution in [1.29, 1.82) is 0 Å². The Labute approximate surface area is 98.1 Å². The number of carboxylic acid groups (broad SMARTS) is 1. The van der Waals surface area contributed by atoms with Crippen LogP contribution < -0.4 is 4.74 Å². The van der Waals surface area contributed by atoms with Gasteiger partial charge in [0.15, 0.2) is 6.10 Å². The Morgan fingerprint density at radius 2 is 1.94 bits per heavy atom. The largest absolute Gasteiger partial charge is 0.496 e. The van der Waals surface area contributed by atoms with E-state index in [9.17, 15) is 9.90 Å². The minimum Gasteiger partial charge on any atom is -0.496 e. The molecule has 0 spiro atoms. The quantitative estimate of drug-likeness (QED) is 0.849. The normalized spacial score (nSPS) is 12.4. The van der Waals surface area contributed by atoms with Gasteiger partial charge >= 0.3 is 5.97 Å². The number of ether oxygens (including phenoxy) is 1. The van der Waals surface area contributed by atoms with Crippen LogP contribution in [0.2, 0.25) is 0 Å². The Kier molecular flexibility index (Phi) is 2.97. The van der Waals surface area contributed by atoms with Gasteiger partial charge in [-0.25, -0.2) is 4.79 Å². The fraction of sp³-hybridized carbons (Fsp3) is 0.154. The van der Waals surface area contributed by atoms with E-state index in [1.807, 2.05) is 18.2 Å². The average molecular weight is 232 g/mol. The molecule has 0 amide bonds. The third-order valence-electron chi connectivity index (χ3n) is 2.66. The molecular weight excluding hydrogens is 220 g/mol. The number of methoxy groups -OCH3 is 1. The number of carbonyl (C=O) groups is 1. The molecule has 4 nitrogen and oxygen atoms in total. The van der Waals surface area contributed by atoms with Crippen molar-refractivity contribution in [2.75, 3.05) is 7.11 Å². The molecule has 0 fully saturated rings. The van der Waals surface area contributed by atoms with Crippen molar-refractivity contribution in [2.24, 2.45) is 0 Å². The zero-order valence-corrected chi connectivity index (χ0v) is 9.25. The summed E-state index contributed by atoms with van der Waals surface area (Å²) in [5, 5.41) is 20.2. The molecule has 0 bridgehead atoms. The predicted molar refractivity (Wildman–Crippen MR) is 63.1 cm³/mol. The Bertz CT molecular complexity index is 562. The Morgan fingerprint density at radius 1 is 1.24 bits per heavy atom. The second-order valence-corrected chi connectivity index (χ2v) is 3.64. The van der Waals surface area contributed by atoms with Gasteiger partial charge < -0.3 is 14.9 Å².